The van der Waals surface area contributed by atoms with Gasteiger partial charge in [-0.25, -0.2) is 4.99 Å². The minimum Gasteiger partial charge on any atom is -0.399 e. The molecule has 0 amide bonds. The minimum absolute atomic E-state index is 0.534. The Morgan fingerprint density at radius 1 is 1.50 bits per heavy atom. The second-order valence-electron chi connectivity index (χ2n) is 2.44. The third-order valence-corrected chi connectivity index (χ3v) is 1.55. The van der Waals surface area contributed by atoms with E-state index in [9.17, 15) is 0 Å². The first kappa shape index (κ1) is 6.92. The average Bonchev–Trinajstić information content (AvgIpc) is 1.84. The van der Waals surface area contributed by atoms with Crippen molar-refractivity contribution in [1.29, 1.82) is 0 Å². The first-order valence-corrected chi connectivity index (χ1v) is 3.12. The van der Waals surface area contributed by atoms with Crippen LogP contribution in [0.3, 0.4) is 0 Å². The molecular formula is C6H12N4. The van der Waals surface area contributed by atoms with Crippen molar-refractivity contribution < 1.29 is 0 Å². The molecule has 0 aromatic carbocycles. The van der Waals surface area contributed by atoms with Gasteiger partial charge in [0.15, 0.2) is 5.96 Å². The van der Waals surface area contributed by atoms with E-state index in [2.05, 4.69) is 4.99 Å². The van der Waals surface area contributed by atoms with Crippen LogP contribution in [-0.2, 0) is 0 Å². The number of allylic oxidation sites excluding steroid dienone is 1. The molecule has 0 unspecified atom stereocenters. The summed E-state index contributed by atoms with van der Waals surface area (Å²) in [4.78, 5) is 5.83. The van der Waals surface area contributed by atoms with E-state index in [0.717, 1.165) is 11.4 Å². The summed E-state index contributed by atoms with van der Waals surface area (Å²) in [6.07, 6.45) is 0. The normalized spacial score (nSPS) is 19.4. The third-order valence-electron chi connectivity index (χ3n) is 1.55. The zero-order valence-corrected chi connectivity index (χ0v) is 6.26. The van der Waals surface area contributed by atoms with Crippen molar-refractivity contribution in [2.75, 3.05) is 13.6 Å². The molecule has 0 aromatic heterocycles. The van der Waals surface area contributed by atoms with Crippen LogP contribution >= 0.6 is 0 Å². The summed E-state index contributed by atoms with van der Waals surface area (Å²) in [6.45, 7) is 2.54. The molecule has 0 radical (unpaired) electrons. The number of hydrogen-bond acceptors (Lipinski definition) is 4. The monoisotopic (exact) mass is 140 g/mol. The van der Waals surface area contributed by atoms with Crippen molar-refractivity contribution >= 4 is 5.96 Å². The second-order valence-corrected chi connectivity index (χ2v) is 2.44. The van der Waals surface area contributed by atoms with Gasteiger partial charge in [-0.3, -0.25) is 0 Å². The summed E-state index contributed by atoms with van der Waals surface area (Å²) >= 11 is 0. The van der Waals surface area contributed by atoms with Crippen LogP contribution < -0.4 is 11.5 Å². The molecule has 0 saturated carbocycles. The topological polar surface area (TPSA) is 67.6 Å². The fourth-order valence-electron chi connectivity index (χ4n) is 0.780. The van der Waals surface area contributed by atoms with E-state index in [1.807, 2.05) is 18.9 Å². The molecule has 0 fully saturated rings. The molecule has 56 valence electrons. The fourth-order valence-corrected chi connectivity index (χ4v) is 0.780. The van der Waals surface area contributed by atoms with Crippen molar-refractivity contribution in [2.45, 2.75) is 6.92 Å². The van der Waals surface area contributed by atoms with Crippen LogP contribution in [0, 0.1) is 0 Å². The minimum atomic E-state index is 0.534. The zero-order chi connectivity index (χ0) is 7.72. The Kier molecular flexibility index (Phi) is 1.53. The van der Waals surface area contributed by atoms with Crippen molar-refractivity contribution in [3.63, 3.8) is 0 Å². The summed E-state index contributed by atoms with van der Waals surface area (Å²) in [5.41, 5.74) is 12.7. The lowest BCUT2D eigenvalue weighted by Gasteiger charge is -2.22. The molecule has 0 aliphatic carbocycles. The Balaban J connectivity index is 2.88. The maximum Gasteiger partial charge on any atom is 0.196 e. The Hall–Kier alpha value is -1.19. The number of guanidine groups is 1. The highest BCUT2D eigenvalue weighted by molar-refractivity contribution is 5.80. The largest absolute Gasteiger partial charge is 0.399 e. The van der Waals surface area contributed by atoms with E-state index in [4.69, 9.17) is 11.5 Å². The maximum atomic E-state index is 5.61. The molecule has 0 bridgehead atoms. The zero-order valence-electron chi connectivity index (χ0n) is 6.26. The molecule has 0 aromatic rings. The van der Waals surface area contributed by atoms with Gasteiger partial charge in [-0.2, -0.15) is 0 Å². The fraction of sp³-hybridized carbons (Fsp3) is 0.500. The van der Waals surface area contributed by atoms with Crippen molar-refractivity contribution in [3.05, 3.63) is 11.4 Å². The molecule has 0 spiro atoms. The van der Waals surface area contributed by atoms with Gasteiger partial charge >= 0.3 is 0 Å². The molecule has 4 heteroatoms. The van der Waals surface area contributed by atoms with Gasteiger partial charge < -0.3 is 16.4 Å². The lowest BCUT2D eigenvalue weighted by molar-refractivity contribution is 0.525. The molecule has 4 N–H and O–H groups in total. The molecule has 1 rings (SSSR count). The molecule has 10 heavy (non-hydrogen) atoms. The summed E-state index contributed by atoms with van der Waals surface area (Å²) in [6, 6.07) is 0. The van der Waals surface area contributed by atoms with E-state index in [0.29, 0.717) is 12.5 Å². The maximum absolute atomic E-state index is 5.61. The Labute approximate surface area is 60.2 Å². The summed E-state index contributed by atoms with van der Waals surface area (Å²) < 4.78 is 0. The van der Waals surface area contributed by atoms with E-state index in [1.165, 1.54) is 0 Å². The van der Waals surface area contributed by atoms with Gasteiger partial charge in [0.05, 0.1) is 12.2 Å². The van der Waals surface area contributed by atoms with Crippen molar-refractivity contribution in [1.82, 2.24) is 4.90 Å². The van der Waals surface area contributed by atoms with Gasteiger partial charge in [-0.15, -0.1) is 0 Å². The lowest BCUT2D eigenvalue weighted by Crippen LogP contribution is -2.39. The van der Waals surface area contributed by atoms with Crippen LogP contribution in [0.4, 0.5) is 0 Å². The quantitative estimate of drug-likeness (QED) is 0.474. The van der Waals surface area contributed by atoms with E-state index >= 15 is 0 Å². The van der Waals surface area contributed by atoms with Gasteiger partial charge in [-0.1, -0.05) is 0 Å². The molecule has 0 atom stereocenters. The SMILES string of the molecule is CC1=C(N)CN(C)C(N)=N1. The molecule has 0 saturated heterocycles. The standard InChI is InChI=1S/C6H12N4/c1-4-5(7)3-10(2)6(8)9-4/h3,7H2,1-2H3,(H2,8,9). The lowest BCUT2D eigenvalue weighted by atomic mass is 10.3. The van der Waals surface area contributed by atoms with Gasteiger partial charge in [0.1, 0.15) is 0 Å². The number of hydrogen-bond donors (Lipinski definition) is 2. The summed E-state index contributed by atoms with van der Waals surface area (Å²) in [5, 5.41) is 0. The predicted molar refractivity (Wildman–Crippen MR) is 41.1 cm³/mol. The molecular weight excluding hydrogens is 128 g/mol. The molecule has 4 nitrogen and oxygen atoms in total. The van der Waals surface area contributed by atoms with Gasteiger partial charge in [0.25, 0.3) is 0 Å². The number of nitrogens with zero attached hydrogens (tertiary/aromatic N) is 2. The molecule has 1 heterocycles. The van der Waals surface area contributed by atoms with E-state index < -0.39 is 0 Å². The number of likely N-dealkylation sites (N-methyl/N-ethyl adjacent to an activating group) is 1. The van der Waals surface area contributed by atoms with Crippen LogP contribution in [0.25, 0.3) is 0 Å². The van der Waals surface area contributed by atoms with Crippen LogP contribution in [0.5, 0.6) is 0 Å². The smallest absolute Gasteiger partial charge is 0.196 e. The Morgan fingerprint density at radius 2 is 2.10 bits per heavy atom. The van der Waals surface area contributed by atoms with Crippen LogP contribution in [0.15, 0.2) is 16.4 Å². The van der Waals surface area contributed by atoms with Gasteiger partial charge in [0, 0.05) is 12.7 Å². The Morgan fingerprint density at radius 3 is 2.60 bits per heavy atom. The first-order valence-electron chi connectivity index (χ1n) is 3.12. The number of nitrogens with two attached hydrogens (primary N) is 2. The highest BCUT2D eigenvalue weighted by Gasteiger charge is 2.10. The van der Waals surface area contributed by atoms with Crippen LogP contribution in [-0.4, -0.2) is 24.5 Å². The predicted octanol–water partition coefficient (Wildman–Crippen LogP) is -0.563. The highest BCUT2D eigenvalue weighted by Crippen LogP contribution is 2.06. The van der Waals surface area contributed by atoms with Crippen molar-refractivity contribution in [2.24, 2.45) is 16.5 Å². The third kappa shape index (κ3) is 1.05. The molecule has 1 aliphatic heterocycles. The second kappa shape index (κ2) is 2.21. The van der Waals surface area contributed by atoms with Crippen molar-refractivity contribution in [3.8, 4) is 0 Å². The Bertz CT molecular complexity index is 204. The number of rotatable bonds is 0. The summed E-state index contributed by atoms with van der Waals surface area (Å²) in [5.74, 6) is 0.534. The van der Waals surface area contributed by atoms with Crippen LogP contribution in [0.1, 0.15) is 6.92 Å². The average molecular weight is 140 g/mol. The summed E-state index contributed by atoms with van der Waals surface area (Å²) in [7, 11) is 1.86. The molecule has 1 aliphatic rings. The van der Waals surface area contributed by atoms with E-state index in [-0.39, 0.29) is 0 Å². The van der Waals surface area contributed by atoms with E-state index in [1.54, 1.807) is 0 Å². The van der Waals surface area contributed by atoms with Gasteiger partial charge in [-0.05, 0) is 6.92 Å². The number of aliphatic imine (C=N–C) groups is 1. The van der Waals surface area contributed by atoms with Gasteiger partial charge in [0.2, 0.25) is 0 Å². The van der Waals surface area contributed by atoms with Crippen LogP contribution in [0.2, 0.25) is 0 Å². The highest BCUT2D eigenvalue weighted by atomic mass is 15.3. The first-order chi connectivity index (χ1) is 4.61.